The highest BCUT2D eigenvalue weighted by atomic mass is 16.5. The van der Waals surface area contributed by atoms with E-state index in [2.05, 4.69) is 42.0 Å². The Morgan fingerprint density at radius 3 is 2.59 bits per heavy atom. The molecule has 0 aromatic rings. The van der Waals surface area contributed by atoms with Crippen LogP contribution in [0.3, 0.4) is 0 Å². The first-order chi connectivity index (χ1) is 10.3. The van der Waals surface area contributed by atoms with Crippen molar-refractivity contribution in [3.8, 4) is 6.07 Å². The summed E-state index contributed by atoms with van der Waals surface area (Å²) in [4.78, 5) is 19.1. The highest BCUT2D eigenvalue weighted by molar-refractivity contribution is 5.84. The number of ether oxygens (including phenoxy) is 1. The van der Waals surface area contributed by atoms with Crippen LogP contribution in [0.25, 0.3) is 0 Å². The molecule has 1 saturated carbocycles. The number of nitriles is 1. The van der Waals surface area contributed by atoms with Gasteiger partial charge in [0.25, 0.3) is 0 Å². The van der Waals surface area contributed by atoms with Gasteiger partial charge in [-0.2, -0.15) is 5.26 Å². The third-order valence-corrected chi connectivity index (χ3v) is 3.89. The molecule has 1 heterocycles. The fourth-order valence-electron chi connectivity index (χ4n) is 2.37. The zero-order valence-electron chi connectivity index (χ0n) is 13.8. The normalized spacial score (nSPS) is 22.2. The fourth-order valence-corrected chi connectivity index (χ4v) is 2.37. The summed E-state index contributed by atoms with van der Waals surface area (Å²) < 4.78 is 5.30. The molecule has 2 rings (SSSR count). The number of carbonyl (C=O) groups excluding carboxylic acids is 1. The summed E-state index contributed by atoms with van der Waals surface area (Å²) >= 11 is 0. The number of nitrogens with one attached hydrogen (secondary N) is 1. The van der Waals surface area contributed by atoms with E-state index in [0.717, 1.165) is 25.9 Å². The third kappa shape index (κ3) is 4.99. The SMILES string of the molecule is CC(C)(C)CC(N=CN1CCOCC1)C(=O)NC1(C#N)CC1. The van der Waals surface area contributed by atoms with Crippen molar-refractivity contribution >= 4 is 12.2 Å². The Labute approximate surface area is 132 Å². The Bertz CT molecular complexity index is 466. The minimum Gasteiger partial charge on any atom is -0.378 e. The molecule has 22 heavy (non-hydrogen) atoms. The van der Waals surface area contributed by atoms with Crippen molar-refractivity contribution in [1.82, 2.24) is 10.2 Å². The van der Waals surface area contributed by atoms with Gasteiger partial charge in [-0.25, -0.2) is 0 Å². The van der Waals surface area contributed by atoms with Gasteiger partial charge < -0.3 is 15.0 Å². The monoisotopic (exact) mass is 306 g/mol. The Morgan fingerprint density at radius 1 is 1.45 bits per heavy atom. The summed E-state index contributed by atoms with van der Waals surface area (Å²) in [6, 6.07) is 1.75. The number of hydrogen-bond acceptors (Lipinski definition) is 4. The third-order valence-electron chi connectivity index (χ3n) is 3.89. The molecule has 1 atom stereocenters. The maximum atomic E-state index is 12.5. The van der Waals surface area contributed by atoms with Crippen LogP contribution in [0, 0.1) is 16.7 Å². The van der Waals surface area contributed by atoms with Crippen molar-refractivity contribution in [1.29, 1.82) is 5.26 Å². The van der Waals surface area contributed by atoms with Gasteiger partial charge in [0, 0.05) is 13.1 Å². The average molecular weight is 306 g/mol. The second-order valence-corrected chi connectivity index (χ2v) is 7.38. The number of rotatable bonds is 5. The van der Waals surface area contributed by atoms with Crippen LogP contribution in [-0.4, -0.2) is 55.0 Å². The fraction of sp³-hybridized carbons (Fsp3) is 0.812. The van der Waals surface area contributed by atoms with Crippen molar-refractivity contribution in [2.24, 2.45) is 10.4 Å². The number of hydrogen-bond donors (Lipinski definition) is 1. The molecule has 1 N–H and O–H groups in total. The lowest BCUT2D eigenvalue weighted by Gasteiger charge is -2.27. The molecule has 2 aliphatic rings. The molecule has 0 radical (unpaired) electrons. The van der Waals surface area contributed by atoms with E-state index in [-0.39, 0.29) is 11.3 Å². The Balaban J connectivity index is 2.00. The van der Waals surface area contributed by atoms with Gasteiger partial charge in [0.2, 0.25) is 5.91 Å². The van der Waals surface area contributed by atoms with Crippen LogP contribution in [0.5, 0.6) is 0 Å². The Morgan fingerprint density at radius 2 is 2.09 bits per heavy atom. The number of amides is 1. The second kappa shape index (κ2) is 6.66. The summed E-state index contributed by atoms with van der Waals surface area (Å²) in [6.45, 7) is 9.27. The van der Waals surface area contributed by atoms with E-state index >= 15 is 0 Å². The molecule has 1 aliphatic carbocycles. The quantitative estimate of drug-likeness (QED) is 0.614. The van der Waals surface area contributed by atoms with Gasteiger partial charge in [-0.05, 0) is 24.7 Å². The van der Waals surface area contributed by atoms with Crippen LogP contribution in [-0.2, 0) is 9.53 Å². The molecule has 1 aliphatic heterocycles. The highest BCUT2D eigenvalue weighted by Crippen LogP contribution is 2.35. The summed E-state index contributed by atoms with van der Waals surface area (Å²) in [5, 5.41) is 12.0. The lowest BCUT2D eigenvalue weighted by atomic mass is 9.88. The van der Waals surface area contributed by atoms with E-state index in [1.807, 2.05) is 0 Å². The molecule has 6 heteroatoms. The van der Waals surface area contributed by atoms with Crippen LogP contribution in [0.2, 0.25) is 0 Å². The van der Waals surface area contributed by atoms with Crippen LogP contribution in [0.4, 0.5) is 0 Å². The smallest absolute Gasteiger partial charge is 0.246 e. The van der Waals surface area contributed by atoms with Gasteiger partial charge in [0.05, 0.1) is 25.6 Å². The largest absolute Gasteiger partial charge is 0.378 e. The molecule has 122 valence electrons. The lowest BCUT2D eigenvalue weighted by Crippen LogP contribution is -2.43. The minimum absolute atomic E-state index is 0.00624. The highest BCUT2D eigenvalue weighted by Gasteiger charge is 2.45. The van der Waals surface area contributed by atoms with Gasteiger partial charge in [-0.15, -0.1) is 0 Å². The molecule has 1 unspecified atom stereocenters. The van der Waals surface area contributed by atoms with Gasteiger partial charge in [0.15, 0.2) is 0 Å². The van der Waals surface area contributed by atoms with Gasteiger partial charge in [0.1, 0.15) is 11.6 Å². The number of aliphatic imine (C=N–C) groups is 1. The molecule has 1 amide bonds. The summed E-state index contributed by atoms with van der Waals surface area (Å²) in [6.07, 6.45) is 3.90. The predicted octanol–water partition coefficient (Wildman–Crippen LogP) is 1.32. The first kappa shape index (κ1) is 16.8. The van der Waals surface area contributed by atoms with Gasteiger partial charge >= 0.3 is 0 Å². The first-order valence-electron chi connectivity index (χ1n) is 7.92. The summed E-state index contributed by atoms with van der Waals surface area (Å²) in [5.41, 5.74) is -0.643. The maximum Gasteiger partial charge on any atom is 0.246 e. The number of morpholine rings is 1. The van der Waals surface area contributed by atoms with Crippen LogP contribution in [0.15, 0.2) is 4.99 Å². The number of nitrogens with zero attached hydrogens (tertiary/aromatic N) is 3. The molecule has 1 saturated heterocycles. The number of carbonyl (C=O) groups is 1. The zero-order chi connectivity index (χ0) is 16.2. The molecular formula is C16H26N4O2. The van der Waals surface area contributed by atoms with E-state index in [1.165, 1.54) is 0 Å². The molecule has 6 nitrogen and oxygen atoms in total. The van der Waals surface area contributed by atoms with E-state index < -0.39 is 11.6 Å². The molecule has 0 spiro atoms. The molecule has 0 bridgehead atoms. The van der Waals surface area contributed by atoms with E-state index in [0.29, 0.717) is 19.6 Å². The first-order valence-corrected chi connectivity index (χ1v) is 7.92. The minimum atomic E-state index is -0.637. The Kier molecular flexibility index (Phi) is 5.07. The van der Waals surface area contributed by atoms with Crippen LogP contribution < -0.4 is 5.32 Å². The zero-order valence-corrected chi connectivity index (χ0v) is 13.8. The summed E-state index contributed by atoms with van der Waals surface area (Å²) in [5.74, 6) is -0.140. The predicted molar refractivity (Wildman–Crippen MR) is 84.5 cm³/mol. The molecule has 0 aromatic carbocycles. The average Bonchev–Trinajstić information content (AvgIpc) is 3.23. The molecule has 0 aromatic heterocycles. The second-order valence-electron chi connectivity index (χ2n) is 7.38. The van der Waals surface area contributed by atoms with Gasteiger partial charge in [-0.1, -0.05) is 20.8 Å². The Hall–Kier alpha value is -1.61. The van der Waals surface area contributed by atoms with Crippen molar-refractivity contribution in [2.45, 2.75) is 51.6 Å². The van der Waals surface area contributed by atoms with Crippen LogP contribution >= 0.6 is 0 Å². The van der Waals surface area contributed by atoms with E-state index in [9.17, 15) is 4.79 Å². The lowest BCUT2D eigenvalue weighted by molar-refractivity contribution is -0.123. The molecular weight excluding hydrogens is 280 g/mol. The van der Waals surface area contributed by atoms with Crippen molar-refractivity contribution in [3.63, 3.8) is 0 Å². The standard InChI is InChI=1S/C16H26N4O2/c1-15(2,3)10-13(14(21)19-16(11-17)4-5-16)18-12-20-6-8-22-9-7-20/h12-13H,4-10H2,1-3H3,(H,19,21). The van der Waals surface area contributed by atoms with Crippen LogP contribution in [0.1, 0.15) is 40.0 Å². The maximum absolute atomic E-state index is 12.5. The topological polar surface area (TPSA) is 77.7 Å². The van der Waals surface area contributed by atoms with Crippen molar-refractivity contribution in [2.75, 3.05) is 26.3 Å². The van der Waals surface area contributed by atoms with E-state index in [1.54, 1.807) is 6.34 Å². The van der Waals surface area contributed by atoms with Crippen molar-refractivity contribution in [3.05, 3.63) is 0 Å². The van der Waals surface area contributed by atoms with E-state index in [4.69, 9.17) is 10.00 Å². The summed E-state index contributed by atoms with van der Waals surface area (Å²) in [7, 11) is 0. The molecule has 2 fully saturated rings. The van der Waals surface area contributed by atoms with Crippen molar-refractivity contribution < 1.29 is 9.53 Å². The van der Waals surface area contributed by atoms with Gasteiger partial charge in [-0.3, -0.25) is 9.79 Å².